The summed E-state index contributed by atoms with van der Waals surface area (Å²) in [7, 11) is 1.99. The molecule has 0 amide bonds. The molecule has 0 heterocycles. The smallest absolute Gasteiger partial charge is 0.191 e. The molecule has 1 saturated carbocycles. The van der Waals surface area contributed by atoms with E-state index in [1.165, 1.54) is 12.8 Å². The molecule has 1 fully saturated rings. The highest BCUT2D eigenvalue weighted by Crippen LogP contribution is 2.36. The first-order chi connectivity index (χ1) is 9.33. The molecule has 0 saturated heterocycles. The highest BCUT2D eigenvalue weighted by Gasteiger charge is 2.29. The Morgan fingerprint density at radius 3 is 2.40 bits per heavy atom. The maximum atomic E-state index is 6.28. The minimum atomic E-state index is -0.259. The summed E-state index contributed by atoms with van der Waals surface area (Å²) < 4.78 is 0. The van der Waals surface area contributed by atoms with Gasteiger partial charge in [0.05, 0.1) is 6.54 Å². The van der Waals surface area contributed by atoms with Crippen LogP contribution in [0.3, 0.4) is 0 Å². The molecule has 0 atom stereocenters. The number of rotatable bonds is 4. The third kappa shape index (κ3) is 3.39. The van der Waals surface area contributed by atoms with Crippen LogP contribution in [-0.4, -0.2) is 30.5 Å². The van der Waals surface area contributed by atoms with E-state index < -0.39 is 0 Å². The van der Waals surface area contributed by atoms with E-state index in [9.17, 15) is 0 Å². The van der Waals surface area contributed by atoms with Gasteiger partial charge in [-0.1, -0.05) is 43.1 Å². The molecule has 0 aromatic heterocycles. The number of hydrogen-bond acceptors (Lipinski definition) is 1. The molecule has 0 bridgehead atoms. The fourth-order valence-electron chi connectivity index (χ4n) is 2.26. The number of nitrogens with two attached hydrogens (primary N) is 1. The second kappa shape index (κ2) is 5.82. The average molecular weight is 314 g/mol. The summed E-state index contributed by atoms with van der Waals surface area (Å²) in [6.07, 6.45) is 2.40. The lowest BCUT2D eigenvalue weighted by Crippen LogP contribution is -2.37. The van der Waals surface area contributed by atoms with Gasteiger partial charge in [0.15, 0.2) is 5.96 Å². The Kier molecular flexibility index (Phi) is 4.50. The summed E-state index contributed by atoms with van der Waals surface area (Å²) in [6, 6.07) is 6.12. The van der Waals surface area contributed by atoms with Crippen molar-refractivity contribution < 1.29 is 0 Å². The first kappa shape index (κ1) is 15.5. The van der Waals surface area contributed by atoms with Crippen LogP contribution in [0.15, 0.2) is 23.2 Å². The number of halogens is 2. The van der Waals surface area contributed by atoms with Gasteiger partial charge in [0, 0.05) is 28.5 Å². The van der Waals surface area contributed by atoms with Crippen molar-refractivity contribution in [3.8, 4) is 0 Å². The van der Waals surface area contributed by atoms with Gasteiger partial charge in [0.25, 0.3) is 0 Å². The Labute approximate surface area is 130 Å². The second-order valence-electron chi connectivity index (χ2n) is 6.00. The van der Waals surface area contributed by atoms with E-state index in [-0.39, 0.29) is 5.41 Å². The molecule has 0 unspecified atom stereocenters. The van der Waals surface area contributed by atoms with Crippen molar-refractivity contribution >= 4 is 29.2 Å². The Hall–Kier alpha value is -0.930. The lowest BCUT2D eigenvalue weighted by Gasteiger charge is -2.26. The van der Waals surface area contributed by atoms with Gasteiger partial charge in [0.2, 0.25) is 0 Å². The molecule has 1 aromatic rings. The average Bonchev–Trinajstić information content (AvgIpc) is 3.19. The monoisotopic (exact) mass is 313 g/mol. The van der Waals surface area contributed by atoms with Crippen LogP contribution in [0.25, 0.3) is 0 Å². The fraction of sp³-hybridized carbons (Fsp3) is 0.533. The van der Waals surface area contributed by atoms with Crippen molar-refractivity contribution in [2.45, 2.75) is 38.1 Å². The zero-order chi connectivity index (χ0) is 14.9. The van der Waals surface area contributed by atoms with Crippen LogP contribution in [0.2, 0.25) is 10.0 Å². The predicted octanol–water partition coefficient (Wildman–Crippen LogP) is 3.68. The van der Waals surface area contributed by atoms with Crippen LogP contribution >= 0.6 is 23.2 Å². The quantitative estimate of drug-likeness (QED) is 0.680. The maximum Gasteiger partial charge on any atom is 0.191 e. The first-order valence-corrected chi connectivity index (χ1v) is 7.56. The summed E-state index contributed by atoms with van der Waals surface area (Å²) in [5, 5.41) is 1.35. The highest BCUT2D eigenvalue weighted by atomic mass is 35.5. The summed E-state index contributed by atoms with van der Waals surface area (Å²) in [5.74, 6) is 0.587. The van der Waals surface area contributed by atoms with Crippen LogP contribution in [0, 0.1) is 0 Å². The summed E-state index contributed by atoms with van der Waals surface area (Å²) >= 11 is 12.6. The maximum absolute atomic E-state index is 6.28. The lowest BCUT2D eigenvalue weighted by molar-refractivity contribution is 0.477. The zero-order valence-electron chi connectivity index (χ0n) is 12.2. The van der Waals surface area contributed by atoms with Crippen LogP contribution in [-0.2, 0) is 5.41 Å². The molecule has 110 valence electrons. The van der Waals surface area contributed by atoms with E-state index in [2.05, 4.69) is 18.8 Å². The molecule has 0 aliphatic heterocycles. The molecule has 2 N–H and O–H groups in total. The van der Waals surface area contributed by atoms with E-state index in [0.29, 0.717) is 28.6 Å². The Morgan fingerprint density at radius 2 is 1.90 bits per heavy atom. The Bertz CT molecular complexity index is 502. The largest absolute Gasteiger partial charge is 0.370 e. The lowest BCUT2D eigenvalue weighted by atomic mass is 9.84. The normalized spacial score (nSPS) is 16.4. The SMILES string of the molecule is CN(C(N)=NCC(C)(C)c1c(Cl)cccc1Cl)C1CC1. The number of guanidine groups is 1. The van der Waals surface area contributed by atoms with Gasteiger partial charge in [-0.2, -0.15) is 0 Å². The topological polar surface area (TPSA) is 41.6 Å². The fourth-order valence-corrected chi connectivity index (χ4v) is 3.17. The molecule has 5 heteroatoms. The first-order valence-electron chi connectivity index (χ1n) is 6.80. The summed E-state index contributed by atoms with van der Waals surface area (Å²) in [4.78, 5) is 6.56. The molecule has 3 nitrogen and oxygen atoms in total. The van der Waals surface area contributed by atoms with E-state index in [1.54, 1.807) is 0 Å². The van der Waals surface area contributed by atoms with Crippen molar-refractivity contribution in [1.29, 1.82) is 0 Å². The third-order valence-electron chi connectivity index (χ3n) is 3.73. The van der Waals surface area contributed by atoms with E-state index in [4.69, 9.17) is 28.9 Å². The minimum Gasteiger partial charge on any atom is -0.370 e. The highest BCUT2D eigenvalue weighted by molar-refractivity contribution is 6.36. The van der Waals surface area contributed by atoms with Gasteiger partial charge < -0.3 is 10.6 Å². The molecule has 0 radical (unpaired) electrons. The van der Waals surface area contributed by atoms with Crippen LogP contribution in [0.5, 0.6) is 0 Å². The molecule has 2 rings (SSSR count). The third-order valence-corrected chi connectivity index (χ3v) is 4.36. The van der Waals surface area contributed by atoms with Crippen molar-refractivity contribution in [3.05, 3.63) is 33.8 Å². The van der Waals surface area contributed by atoms with Crippen LogP contribution in [0.1, 0.15) is 32.3 Å². The van der Waals surface area contributed by atoms with Gasteiger partial charge in [0.1, 0.15) is 0 Å². The van der Waals surface area contributed by atoms with Crippen LogP contribution in [0.4, 0.5) is 0 Å². The van der Waals surface area contributed by atoms with E-state index in [0.717, 1.165) is 5.56 Å². The summed E-state index contributed by atoms with van der Waals surface area (Å²) in [6.45, 7) is 4.71. The van der Waals surface area contributed by atoms with E-state index >= 15 is 0 Å². The minimum absolute atomic E-state index is 0.259. The standard InChI is InChI=1S/C15H21Cl2N3/c1-15(2,13-11(16)5-4-6-12(13)17)9-19-14(18)20(3)10-7-8-10/h4-6,10H,7-9H2,1-3H3,(H2,18,19). The number of aliphatic imine (C=N–C) groups is 1. The van der Waals surface area contributed by atoms with Gasteiger partial charge >= 0.3 is 0 Å². The number of hydrogen-bond donors (Lipinski definition) is 1. The van der Waals surface area contributed by atoms with Gasteiger partial charge in [-0.3, -0.25) is 4.99 Å². The molecule has 20 heavy (non-hydrogen) atoms. The molecule has 1 aliphatic carbocycles. The van der Waals surface area contributed by atoms with Crippen molar-refractivity contribution in [1.82, 2.24) is 4.90 Å². The molecule has 0 spiro atoms. The molecule has 1 aliphatic rings. The van der Waals surface area contributed by atoms with Crippen molar-refractivity contribution in [3.63, 3.8) is 0 Å². The van der Waals surface area contributed by atoms with Gasteiger partial charge in [-0.15, -0.1) is 0 Å². The molecular formula is C15H21Cl2N3. The molecule has 1 aromatic carbocycles. The van der Waals surface area contributed by atoms with Gasteiger partial charge in [-0.25, -0.2) is 0 Å². The Balaban J connectivity index is 2.16. The second-order valence-corrected chi connectivity index (χ2v) is 6.81. The van der Waals surface area contributed by atoms with Gasteiger partial charge in [-0.05, 0) is 30.5 Å². The zero-order valence-corrected chi connectivity index (χ0v) is 13.7. The number of nitrogens with zero attached hydrogens (tertiary/aromatic N) is 2. The summed E-state index contributed by atoms with van der Waals surface area (Å²) in [5.41, 5.74) is 6.69. The van der Waals surface area contributed by atoms with E-state index in [1.807, 2.05) is 30.1 Å². The predicted molar refractivity (Wildman–Crippen MR) is 86.8 cm³/mol. The van der Waals surface area contributed by atoms with Crippen LogP contribution < -0.4 is 5.73 Å². The van der Waals surface area contributed by atoms with Crippen molar-refractivity contribution in [2.24, 2.45) is 10.7 Å². The number of benzene rings is 1. The van der Waals surface area contributed by atoms with Crippen molar-refractivity contribution in [2.75, 3.05) is 13.6 Å². The molecular weight excluding hydrogens is 293 g/mol. The Morgan fingerprint density at radius 1 is 1.35 bits per heavy atom.